The Balaban J connectivity index is 1.14. The second kappa shape index (κ2) is 15.4. The zero-order valence-electron chi connectivity index (χ0n) is 27.0. The molecule has 5 rings (SSSR count). The largest absolute Gasteiger partial charge is 0.339 e. The maximum Gasteiger partial charge on any atom is 0.254 e. The Morgan fingerprint density at radius 1 is 0.844 bits per heavy atom. The van der Waals surface area contributed by atoms with E-state index in [1.165, 1.54) is 36.0 Å². The van der Waals surface area contributed by atoms with Crippen molar-refractivity contribution >= 4 is 23.6 Å². The number of carbonyl (C=O) groups is 2. The fourth-order valence-corrected chi connectivity index (χ4v) is 6.66. The number of carbonyl (C=O) groups excluding carboxylic acids is 2. The molecule has 45 heavy (non-hydrogen) atoms. The fraction of sp³-hybridized carbons (Fsp3) is 0.405. The molecule has 2 amide bonds. The van der Waals surface area contributed by atoms with Crippen molar-refractivity contribution < 1.29 is 9.59 Å². The number of piperazine rings is 1. The van der Waals surface area contributed by atoms with Crippen molar-refractivity contribution in [3.63, 3.8) is 0 Å². The van der Waals surface area contributed by atoms with Crippen LogP contribution in [0.15, 0.2) is 78.0 Å². The van der Waals surface area contributed by atoms with Crippen molar-refractivity contribution in [2.75, 3.05) is 25.4 Å². The number of unbranched alkanes of at least 4 members (excludes halogenated alkanes) is 2. The molecule has 1 fully saturated rings. The zero-order chi connectivity index (χ0) is 31.8. The summed E-state index contributed by atoms with van der Waals surface area (Å²) in [6.07, 6.45) is 5.88. The SMILES string of the molecule is CCCCCc1ccc(C(=O)N2CCN(C(=O)CCCSc3nnc(-c4ccc(C)cc4)n3-c3ccc(C)cc3)CC2C)cc1. The lowest BCUT2D eigenvalue weighted by Crippen LogP contribution is -2.55. The normalized spacial score (nSPS) is 15.0. The summed E-state index contributed by atoms with van der Waals surface area (Å²) in [4.78, 5) is 30.3. The molecular weight excluding hydrogens is 579 g/mol. The topological polar surface area (TPSA) is 71.3 Å². The molecule has 4 aromatic rings. The van der Waals surface area contributed by atoms with Gasteiger partial charge in [0.05, 0.1) is 0 Å². The summed E-state index contributed by atoms with van der Waals surface area (Å²) < 4.78 is 2.11. The summed E-state index contributed by atoms with van der Waals surface area (Å²) >= 11 is 1.63. The van der Waals surface area contributed by atoms with Crippen molar-refractivity contribution in [3.05, 3.63) is 95.1 Å². The van der Waals surface area contributed by atoms with Crippen LogP contribution >= 0.6 is 11.8 Å². The van der Waals surface area contributed by atoms with E-state index >= 15 is 0 Å². The van der Waals surface area contributed by atoms with Gasteiger partial charge in [-0.1, -0.05) is 91.2 Å². The van der Waals surface area contributed by atoms with E-state index in [2.05, 4.69) is 96.2 Å². The molecule has 3 aromatic carbocycles. The van der Waals surface area contributed by atoms with Crippen molar-refractivity contribution in [1.82, 2.24) is 24.6 Å². The third-order valence-corrected chi connectivity index (χ3v) is 9.53. The quantitative estimate of drug-likeness (QED) is 0.121. The Bertz CT molecular complexity index is 1560. The molecule has 0 N–H and O–H groups in total. The number of rotatable bonds is 12. The first-order valence-corrected chi connectivity index (χ1v) is 17.2. The van der Waals surface area contributed by atoms with E-state index in [-0.39, 0.29) is 17.9 Å². The highest BCUT2D eigenvalue weighted by molar-refractivity contribution is 7.99. The molecule has 1 atom stereocenters. The van der Waals surface area contributed by atoms with Gasteiger partial charge in [-0.3, -0.25) is 14.2 Å². The third kappa shape index (κ3) is 8.23. The summed E-state index contributed by atoms with van der Waals surface area (Å²) in [5.74, 6) is 1.76. The molecule has 0 aliphatic carbocycles. The van der Waals surface area contributed by atoms with Crippen LogP contribution in [0.4, 0.5) is 0 Å². The fourth-order valence-electron chi connectivity index (χ4n) is 5.77. The van der Waals surface area contributed by atoms with Gasteiger partial charge in [0.2, 0.25) is 5.91 Å². The van der Waals surface area contributed by atoms with Crippen LogP contribution in [0.1, 0.15) is 73.0 Å². The molecule has 0 spiro atoms. The highest BCUT2D eigenvalue weighted by Gasteiger charge is 2.30. The van der Waals surface area contributed by atoms with Crippen molar-refractivity contribution in [2.24, 2.45) is 0 Å². The number of benzene rings is 3. The van der Waals surface area contributed by atoms with E-state index in [1.54, 1.807) is 11.8 Å². The van der Waals surface area contributed by atoms with Gasteiger partial charge in [0.15, 0.2) is 11.0 Å². The Hall–Kier alpha value is -3.91. The molecule has 0 bridgehead atoms. The number of aromatic nitrogens is 3. The first-order valence-electron chi connectivity index (χ1n) is 16.2. The molecule has 1 aliphatic heterocycles. The van der Waals surface area contributed by atoms with Crippen LogP contribution in [0.2, 0.25) is 0 Å². The number of hydrogen-bond donors (Lipinski definition) is 0. The molecule has 1 aromatic heterocycles. The van der Waals surface area contributed by atoms with Crippen LogP contribution in [0, 0.1) is 13.8 Å². The summed E-state index contributed by atoms with van der Waals surface area (Å²) in [6, 6.07) is 24.8. The second-order valence-corrected chi connectivity index (χ2v) is 13.2. The molecule has 236 valence electrons. The first kappa shape index (κ1) is 32.5. The zero-order valence-corrected chi connectivity index (χ0v) is 27.9. The smallest absolute Gasteiger partial charge is 0.254 e. The van der Waals surface area contributed by atoms with E-state index in [4.69, 9.17) is 0 Å². The first-order chi connectivity index (χ1) is 21.8. The number of thioether (sulfide) groups is 1. The summed E-state index contributed by atoms with van der Waals surface area (Å²) in [7, 11) is 0. The Kier molecular flexibility index (Phi) is 11.1. The van der Waals surface area contributed by atoms with Crippen LogP contribution in [0.5, 0.6) is 0 Å². The van der Waals surface area contributed by atoms with Crippen LogP contribution in [0.3, 0.4) is 0 Å². The minimum absolute atomic E-state index is 0.0259. The van der Waals surface area contributed by atoms with Gasteiger partial charge in [-0.15, -0.1) is 10.2 Å². The minimum atomic E-state index is -0.0259. The number of amides is 2. The monoisotopic (exact) mass is 623 g/mol. The maximum absolute atomic E-state index is 13.3. The van der Waals surface area contributed by atoms with E-state index in [9.17, 15) is 9.59 Å². The number of aryl methyl sites for hydroxylation is 3. The summed E-state index contributed by atoms with van der Waals surface area (Å²) in [5, 5.41) is 9.92. The second-order valence-electron chi connectivity index (χ2n) is 12.1. The lowest BCUT2D eigenvalue weighted by Gasteiger charge is -2.40. The van der Waals surface area contributed by atoms with Crippen molar-refractivity contribution in [3.8, 4) is 17.1 Å². The lowest BCUT2D eigenvalue weighted by molar-refractivity contribution is -0.133. The van der Waals surface area contributed by atoms with Crippen LogP contribution in [-0.2, 0) is 11.2 Å². The van der Waals surface area contributed by atoms with Gasteiger partial charge in [0.25, 0.3) is 5.91 Å². The van der Waals surface area contributed by atoms with Gasteiger partial charge in [0, 0.05) is 54.7 Å². The van der Waals surface area contributed by atoms with E-state index in [0.29, 0.717) is 26.1 Å². The van der Waals surface area contributed by atoms with Gasteiger partial charge in [-0.2, -0.15) is 0 Å². The molecule has 8 heteroatoms. The molecule has 7 nitrogen and oxygen atoms in total. The van der Waals surface area contributed by atoms with Crippen molar-refractivity contribution in [1.29, 1.82) is 0 Å². The molecular formula is C37H45N5O2S. The molecule has 2 heterocycles. The molecule has 0 radical (unpaired) electrons. The van der Waals surface area contributed by atoms with Gasteiger partial charge >= 0.3 is 0 Å². The molecule has 1 unspecified atom stereocenters. The third-order valence-electron chi connectivity index (χ3n) is 8.51. The Morgan fingerprint density at radius 3 is 2.20 bits per heavy atom. The average molecular weight is 624 g/mol. The van der Waals surface area contributed by atoms with E-state index in [0.717, 1.165) is 46.4 Å². The van der Waals surface area contributed by atoms with E-state index < -0.39 is 0 Å². The van der Waals surface area contributed by atoms with E-state index in [1.807, 2.05) is 28.9 Å². The predicted molar refractivity (Wildman–Crippen MR) is 183 cm³/mol. The van der Waals surface area contributed by atoms with Gasteiger partial charge < -0.3 is 9.80 Å². The molecule has 1 aliphatic rings. The Morgan fingerprint density at radius 2 is 1.53 bits per heavy atom. The Labute approximate surface area is 272 Å². The standard InChI is InChI=1S/C37H45N5O2S/c1-5-6-7-9-30-15-19-32(20-16-30)36(44)41-24-23-40(26-29(41)4)34(43)10-8-25-45-37-39-38-35(31-17-11-27(2)12-18-31)42(37)33-21-13-28(3)14-22-33/h11-22,29H,5-10,23-26H2,1-4H3. The van der Waals surface area contributed by atoms with Crippen LogP contribution in [-0.4, -0.2) is 67.8 Å². The van der Waals surface area contributed by atoms with Crippen LogP contribution in [0.25, 0.3) is 17.1 Å². The highest BCUT2D eigenvalue weighted by Crippen LogP contribution is 2.29. The summed E-state index contributed by atoms with van der Waals surface area (Å²) in [6.45, 7) is 10.1. The average Bonchev–Trinajstić information content (AvgIpc) is 3.47. The van der Waals surface area contributed by atoms with Gasteiger partial charge in [0.1, 0.15) is 0 Å². The number of hydrogen-bond acceptors (Lipinski definition) is 5. The lowest BCUT2D eigenvalue weighted by atomic mass is 10.0. The predicted octanol–water partition coefficient (Wildman–Crippen LogP) is 7.53. The maximum atomic E-state index is 13.3. The van der Waals surface area contributed by atoms with Gasteiger partial charge in [-0.05, 0) is 69.9 Å². The van der Waals surface area contributed by atoms with Crippen LogP contribution < -0.4 is 0 Å². The summed E-state index contributed by atoms with van der Waals surface area (Å²) in [5.41, 5.74) is 6.43. The highest BCUT2D eigenvalue weighted by atomic mass is 32.2. The van der Waals surface area contributed by atoms with Crippen molar-refractivity contribution in [2.45, 2.75) is 77.4 Å². The molecule has 0 saturated carbocycles. The minimum Gasteiger partial charge on any atom is -0.339 e. The molecule has 1 saturated heterocycles. The number of nitrogens with zero attached hydrogens (tertiary/aromatic N) is 5. The van der Waals surface area contributed by atoms with Gasteiger partial charge in [-0.25, -0.2) is 0 Å².